The number of nitrogens with zero attached hydrogens (tertiary/aromatic N) is 2. The van der Waals surface area contributed by atoms with E-state index in [0.717, 1.165) is 9.80 Å². The van der Waals surface area contributed by atoms with E-state index in [2.05, 4.69) is 5.32 Å². The van der Waals surface area contributed by atoms with Crippen molar-refractivity contribution in [1.29, 1.82) is 0 Å². The molecule has 0 bridgehead atoms. The van der Waals surface area contributed by atoms with Gasteiger partial charge in [-0.15, -0.1) is 0 Å². The molecule has 4 amide bonds. The topological polar surface area (TPSA) is 107 Å². The number of hydrogen-bond acceptors (Lipinski definition) is 4. The van der Waals surface area contributed by atoms with Gasteiger partial charge in [0.15, 0.2) is 0 Å². The fourth-order valence-electron chi connectivity index (χ4n) is 1.93. The maximum atomic E-state index is 11.8. The molecule has 1 aliphatic rings. The van der Waals surface area contributed by atoms with Crippen molar-refractivity contribution in [1.82, 2.24) is 9.80 Å². The predicted octanol–water partition coefficient (Wildman–Crippen LogP) is 0.461. The molecule has 0 aromatic heterocycles. The van der Waals surface area contributed by atoms with Crippen molar-refractivity contribution in [3.05, 3.63) is 29.3 Å². The minimum absolute atomic E-state index is 0.209. The number of carbonyl (C=O) groups is 4. The standard InChI is InChI=1S/C13H13N3O5/c1-15(6-10(17)18)13(21)14-7-3-4-8-9(5-7)12(20)16(2)11(8)19/h3-5H,6H2,1-2H3,(H,14,21)(H,17,18). The summed E-state index contributed by atoms with van der Waals surface area (Å²) < 4.78 is 0. The Kier molecular flexibility index (Phi) is 3.62. The Balaban J connectivity index is 2.17. The summed E-state index contributed by atoms with van der Waals surface area (Å²) in [6.45, 7) is -0.447. The van der Waals surface area contributed by atoms with Gasteiger partial charge in [0, 0.05) is 19.8 Å². The fourth-order valence-corrected chi connectivity index (χ4v) is 1.93. The van der Waals surface area contributed by atoms with Crippen molar-refractivity contribution in [2.45, 2.75) is 0 Å². The maximum absolute atomic E-state index is 11.8. The summed E-state index contributed by atoms with van der Waals surface area (Å²) in [5, 5.41) is 11.1. The number of aliphatic carboxylic acids is 1. The van der Waals surface area contributed by atoms with Gasteiger partial charge >= 0.3 is 12.0 Å². The molecule has 2 N–H and O–H groups in total. The van der Waals surface area contributed by atoms with Crippen LogP contribution in [0.2, 0.25) is 0 Å². The molecule has 0 saturated carbocycles. The van der Waals surface area contributed by atoms with Gasteiger partial charge in [-0.3, -0.25) is 19.3 Å². The third-order valence-corrected chi connectivity index (χ3v) is 3.06. The molecule has 8 heteroatoms. The van der Waals surface area contributed by atoms with Gasteiger partial charge in [0.2, 0.25) is 0 Å². The van der Waals surface area contributed by atoms with E-state index in [0.29, 0.717) is 5.69 Å². The van der Waals surface area contributed by atoms with Gasteiger partial charge in [0.1, 0.15) is 6.54 Å². The van der Waals surface area contributed by atoms with E-state index in [1.807, 2.05) is 0 Å². The third-order valence-electron chi connectivity index (χ3n) is 3.06. The zero-order valence-corrected chi connectivity index (χ0v) is 11.4. The van der Waals surface area contributed by atoms with E-state index in [1.54, 1.807) is 0 Å². The number of likely N-dealkylation sites (N-methyl/N-ethyl adjacent to an activating group) is 1. The SMILES string of the molecule is CN(CC(=O)O)C(=O)Nc1ccc2c(c1)C(=O)N(C)C2=O. The van der Waals surface area contributed by atoms with Gasteiger partial charge in [0.25, 0.3) is 11.8 Å². The first-order valence-electron chi connectivity index (χ1n) is 6.01. The number of anilines is 1. The Bertz CT molecular complexity index is 655. The smallest absolute Gasteiger partial charge is 0.323 e. The Hall–Kier alpha value is -2.90. The predicted molar refractivity (Wildman–Crippen MR) is 72.2 cm³/mol. The molecule has 0 fully saturated rings. The van der Waals surface area contributed by atoms with Gasteiger partial charge in [-0.1, -0.05) is 0 Å². The first-order chi connectivity index (χ1) is 9.81. The van der Waals surface area contributed by atoms with Gasteiger partial charge < -0.3 is 15.3 Å². The normalized spacial score (nSPS) is 13.1. The Morgan fingerprint density at radius 1 is 1.24 bits per heavy atom. The number of urea groups is 1. The van der Waals surface area contributed by atoms with E-state index in [-0.39, 0.29) is 11.1 Å². The maximum Gasteiger partial charge on any atom is 0.323 e. The Labute approximate surface area is 119 Å². The van der Waals surface area contributed by atoms with E-state index in [4.69, 9.17) is 5.11 Å². The highest BCUT2D eigenvalue weighted by molar-refractivity contribution is 6.21. The van der Waals surface area contributed by atoms with Crippen molar-refractivity contribution in [2.75, 3.05) is 26.0 Å². The summed E-state index contributed by atoms with van der Waals surface area (Å²) in [5.41, 5.74) is 0.799. The summed E-state index contributed by atoms with van der Waals surface area (Å²) in [6.07, 6.45) is 0. The van der Waals surface area contributed by atoms with Gasteiger partial charge in [-0.05, 0) is 18.2 Å². The average molecular weight is 291 g/mol. The molecule has 1 heterocycles. The summed E-state index contributed by atoms with van der Waals surface area (Å²) >= 11 is 0. The molecule has 0 atom stereocenters. The van der Waals surface area contributed by atoms with Gasteiger partial charge in [0.05, 0.1) is 11.1 Å². The molecule has 0 aliphatic carbocycles. The lowest BCUT2D eigenvalue weighted by molar-refractivity contribution is -0.137. The molecule has 1 aromatic rings. The largest absolute Gasteiger partial charge is 0.480 e. The lowest BCUT2D eigenvalue weighted by Crippen LogP contribution is -2.35. The molecule has 0 unspecified atom stereocenters. The minimum atomic E-state index is -1.14. The fraction of sp³-hybridized carbons (Fsp3) is 0.231. The van der Waals surface area contributed by atoms with Gasteiger partial charge in [-0.2, -0.15) is 0 Å². The quantitative estimate of drug-likeness (QED) is 0.787. The van der Waals surface area contributed by atoms with Crippen molar-refractivity contribution in [3.63, 3.8) is 0 Å². The number of carboxylic acids is 1. The average Bonchev–Trinajstić information content (AvgIpc) is 2.63. The Morgan fingerprint density at radius 3 is 2.48 bits per heavy atom. The Morgan fingerprint density at radius 2 is 1.86 bits per heavy atom. The molecule has 0 saturated heterocycles. The zero-order valence-electron chi connectivity index (χ0n) is 11.4. The van der Waals surface area contributed by atoms with E-state index < -0.39 is 30.4 Å². The number of carbonyl (C=O) groups excluding carboxylic acids is 3. The lowest BCUT2D eigenvalue weighted by Gasteiger charge is -2.15. The van der Waals surface area contributed by atoms with Crippen molar-refractivity contribution < 1.29 is 24.3 Å². The second-order valence-electron chi connectivity index (χ2n) is 4.61. The third kappa shape index (κ3) is 2.69. The summed E-state index contributed by atoms with van der Waals surface area (Å²) in [6, 6.07) is 3.70. The van der Waals surface area contributed by atoms with Crippen LogP contribution in [0.15, 0.2) is 18.2 Å². The molecule has 110 valence electrons. The van der Waals surface area contributed by atoms with E-state index in [1.165, 1.54) is 32.3 Å². The van der Waals surface area contributed by atoms with Crippen LogP contribution in [0.1, 0.15) is 20.7 Å². The summed E-state index contributed by atoms with van der Waals surface area (Å²) in [7, 11) is 2.71. The highest BCUT2D eigenvalue weighted by atomic mass is 16.4. The monoisotopic (exact) mass is 291 g/mol. The summed E-state index contributed by atoms with van der Waals surface area (Å²) in [5.74, 6) is -1.97. The van der Waals surface area contributed by atoms with Crippen LogP contribution in [0, 0.1) is 0 Å². The molecule has 1 aliphatic heterocycles. The number of rotatable bonds is 3. The lowest BCUT2D eigenvalue weighted by atomic mass is 10.1. The van der Waals surface area contributed by atoms with Crippen LogP contribution in [0.3, 0.4) is 0 Å². The van der Waals surface area contributed by atoms with Crippen molar-refractivity contribution in [2.24, 2.45) is 0 Å². The molecule has 8 nitrogen and oxygen atoms in total. The molecule has 2 rings (SSSR count). The minimum Gasteiger partial charge on any atom is -0.480 e. The molecular weight excluding hydrogens is 278 g/mol. The number of imide groups is 1. The van der Waals surface area contributed by atoms with Crippen LogP contribution < -0.4 is 5.32 Å². The van der Waals surface area contributed by atoms with Crippen LogP contribution >= 0.6 is 0 Å². The number of carboxylic acid groups (broad SMARTS) is 1. The van der Waals surface area contributed by atoms with E-state index in [9.17, 15) is 19.2 Å². The summed E-state index contributed by atoms with van der Waals surface area (Å²) in [4.78, 5) is 47.8. The number of amides is 4. The second-order valence-corrected chi connectivity index (χ2v) is 4.61. The van der Waals surface area contributed by atoms with Crippen LogP contribution in [-0.2, 0) is 4.79 Å². The molecular formula is C13H13N3O5. The van der Waals surface area contributed by atoms with Crippen LogP contribution in [0.25, 0.3) is 0 Å². The second kappa shape index (κ2) is 5.23. The van der Waals surface area contributed by atoms with E-state index >= 15 is 0 Å². The number of benzene rings is 1. The zero-order chi connectivity index (χ0) is 15.7. The van der Waals surface area contributed by atoms with Crippen molar-refractivity contribution >= 4 is 29.5 Å². The molecule has 0 spiro atoms. The van der Waals surface area contributed by atoms with Gasteiger partial charge in [-0.25, -0.2) is 4.79 Å². The first kappa shape index (κ1) is 14.5. The molecule has 21 heavy (non-hydrogen) atoms. The first-order valence-corrected chi connectivity index (χ1v) is 6.01. The van der Waals surface area contributed by atoms with Crippen molar-refractivity contribution in [3.8, 4) is 0 Å². The van der Waals surface area contributed by atoms with Crippen LogP contribution in [-0.4, -0.2) is 59.4 Å². The number of hydrogen-bond donors (Lipinski definition) is 2. The molecule has 0 radical (unpaired) electrons. The highest BCUT2D eigenvalue weighted by Crippen LogP contribution is 2.24. The number of nitrogens with one attached hydrogen (secondary N) is 1. The van der Waals surface area contributed by atoms with Crippen LogP contribution in [0.4, 0.5) is 10.5 Å². The number of fused-ring (bicyclic) bond motifs is 1. The highest BCUT2D eigenvalue weighted by Gasteiger charge is 2.32. The molecule has 1 aromatic carbocycles. The van der Waals surface area contributed by atoms with Crippen LogP contribution in [0.5, 0.6) is 0 Å².